The molecule has 2 aromatic heterocycles. The van der Waals surface area contributed by atoms with Crippen LogP contribution in [-0.2, 0) is 9.47 Å². The lowest BCUT2D eigenvalue weighted by atomic mass is 10.1. The minimum absolute atomic E-state index is 0.0682. The fourth-order valence-corrected chi connectivity index (χ4v) is 2.50. The molecule has 0 spiro atoms. The molecule has 1 aliphatic rings. The van der Waals surface area contributed by atoms with Gasteiger partial charge in [0.25, 0.3) is 5.56 Å². The molecular formula is C12H15N5O5. The number of H-pyrrole nitrogens is 1. The number of ether oxygens (including phenoxy) is 2. The molecule has 0 bridgehead atoms. The number of nitrogens with two attached hydrogens (primary N) is 1. The minimum Gasteiger partial charge on any atom is -0.493 e. The van der Waals surface area contributed by atoms with Gasteiger partial charge < -0.3 is 25.4 Å². The van der Waals surface area contributed by atoms with Crippen LogP contribution in [0.3, 0.4) is 0 Å². The van der Waals surface area contributed by atoms with E-state index >= 15 is 0 Å². The molecule has 0 aromatic carbocycles. The number of aliphatic hydroxyl groups is 2. The summed E-state index contributed by atoms with van der Waals surface area (Å²) in [6.45, 7) is 3.07. The number of nitrogens with one attached hydrogen (secondary N) is 1. The third-order valence-corrected chi connectivity index (χ3v) is 3.47. The van der Waals surface area contributed by atoms with Crippen molar-refractivity contribution < 1.29 is 19.7 Å². The van der Waals surface area contributed by atoms with Crippen LogP contribution in [0.15, 0.2) is 24.0 Å². The summed E-state index contributed by atoms with van der Waals surface area (Å²) < 4.78 is 12.1. The quantitative estimate of drug-likeness (QED) is 0.498. The third-order valence-electron chi connectivity index (χ3n) is 3.47. The van der Waals surface area contributed by atoms with Crippen molar-refractivity contribution in [3.63, 3.8) is 0 Å². The van der Waals surface area contributed by atoms with Crippen molar-refractivity contribution in [3.05, 3.63) is 29.5 Å². The maximum absolute atomic E-state index is 11.8. The normalized spacial score (nSPS) is 28.1. The zero-order chi connectivity index (χ0) is 15.9. The monoisotopic (exact) mass is 309 g/mol. The Morgan fingerprint density at radius 3 is 3.09 bits per heavy atom. The second kappa shape index (κ2) is 5.40. The van der Waals surface area contributed by atoms with Crippen molar-refractivity contribution in [1.29, 1.82) is 0 Å². The van der Waals surface area contributed by atoms with E-state index in [-0.39, 0.29) is 23.7 Å². The topological polar surface area (TPSA) is 149 Å². The average molecular weight is 309 g/mol. The second-order valence-corrected chi connectivity index (χ2v) is 4.78. The predicted octanol–water partition coefficient (Wildman–Crippen LogP) is -1.52. The standard InChI is InChI=1S/C12H15N5O5/c1-2-21-8-5(3-18)22-11(7(8)19)17-4-14-6-9(17)15-12(13)16-10(6)20/h2,4-5,7-8,11,18-19H,1,3H2,(H3,13,15,16,20)/t5-,7+,8?,11-/m1/s1. The Balaban J connectivity index is 2.04. The van der Waals surface area contributed by atoms with Gasteiger partial charge in [-0.25, -0.2) is 4.98 Å². The summed E-state index contributed by atoms with van der Waals surface area (Å²) in [5, 5.41) is 19.7. The van der Waals surface area contributed by atoms with E-state index in [0.717, 1.165) is 6.26 Å². The number of aromatic amines is 1. The highest BCUT2D eigenvalue weighted by atomic mass is 16.6. The molecule has 3 heterocycles. The van der Waals surface area contributed by atoms with Gasteiger partial charge in [-0.1, -0.05) is 6.58 Å². The molecule has 0 saturated carbocycles. The Bertz CT molecular complexity index is 756. The van der Waals surface area contributed by atoms with Crippen LogP contribution in [-0.4, -0.2) is 54.7 Å². The van der Waals surface area contributed by atoms with Crippen LogP contribution in [0.4, 0.5) is 5.95 Å². The van der Waals surface area contributed by atoms with Crippen molar-refractivity contribution in [2.45, 2.75) is 24.5 Å². The van der Waals surface area contributed by atoms with E-state index in [2.05, 4.69) is 21.5 Å². The molecule has 0 radical (unpaired) electrons. The van der Waals surface area contributed by atoms with Crippen molar-refractivity contribution in [3.8, 4) is 0 Å². The molecule has 0 amide bonds. The van der Waals surface area contributed by atoms with Gasteiger partial charge in [-0.3, -0.25) is 14.3 Å². The first-order valence-corrected chi connectivity index (χ1v) is 6.50. The van der Waals surface area contributed by atoms with Crippen molar-refractivity contribution >= 4 is 17.1 Å². The number of rotatable bonds is 4. The zero-order valence-corrected chi connectivity index (χ0v) is 11.4. The largest absolute Gasteiger partial charge is 0.493 e. The van der Waals surface area contributed by atoms with E-state index in [1.54, 1.807) is 0 Å². The van der Waals surface area contributed by atoms with Crippen molar-refractivity contribution in [2.75, 3.05) is 12.3 Å². The number of hydrogen-bond donors (Lipinski definition) is 4. The number of imidazole rings is 1. The Kier molecular flexibility index (Phi) is 3.56. The fourth-order valence-electron chi connectivity index (χ4n) is 2.50. The molecule has 1 saturated heterocycles. The lowest BCUT2D eigenvalue weighted by Crippen LogP contribution is -2.34. The van der Waals surface area contributed by atoms with Crippen LogP contribution in [0.5, 0.6) is 0 Å². The summed E-state index contributed by atoms with van der Waals surface area (Å²) in [5.74, 6) is -0.0793. The lowest BCUT2D eigenvalue weighted by molar-refractivity contribution is -0.0516. The number of nitrogen functional groups attached to an aromatic ring is 1. The van der Waals surface area contributed by atoms with E-state index in [1.807, 2.05) is 0 Å². The molecule has 5 N–H and O–H groups in total. The van der Waals surface area contributed by atoms with E-state index in [0.29, 0.717) is 0 Å². The van der Waals surface area contributed by atoms with Crippen LogP contribution >= 0.6 is 0 Å². The van der Waals surface area contributed by atoms with E-state index in [4.69, 9.17) is 15.2 Å². The number of aromatic nitrogens is 4. The molecule has 1 unspecified atom stereocenters. The fraction of sp³-hybridized carbons (Fsp3) is 0.417. The van der Waals surface area contributed by atoms with E-state index in [9.17, 15) is 15.0 Å². The number of fused-ring (bicyclic) bond motifs is 1. The molecule has 2 aromatic rings. The van der Waals surface area contributed by atoms with Crippen LogP contribution in [0.1, 0.15) is 6.23 Å². The van der Waals surface area contributed by atoms with Gasteiger partial charge in [-0.2, -0.15) is 4.98 Å². The molecule has 1 fully saturated rings. The van der Waals surface area contributed by atoms with E-state index in [1.165, 1.54) is 10.9 Å². The van der Waals surface area contributed by atoms with Gasteiger partial charge >= 0.3 is 0 Å². The van der Waals surface area contributed by atoms with Gasteiger partial charge in [0.15, 0.2) is 23.5 Å². The second-order valence-electron chi connectivity index (χ2n) is 4.78. The molecule has 118 valence electrons. The van der Waals surface area contributed by atoms with Gasteiger partial charge in [0.1, 0.15) is 12.2 Å². The Morgan fingerprint density at radius 2 is 2.41 bits per heavy atom. The molecule has 4 atom stereocenters. The Morgan fingerprint density at radius 1 is 1.64 bits per heavy atom. The number of hydrogen-bond acceptors (Lipinski definition) is 8. The summed E-state index contributed by atoms with van der Waals surface area (Å²) in [4.78, 5) is 22.0. The smallest absolute Gasteiger partial charge is 0.280 e. The van der Waals surface area contributed by atoms with E-state index < -0.39 is 30.1 Å². The van der Waals surface area contributed by atoms with Crippen LogP contribution in [0, 0.1) is 0 Å². The molecular weight excluding hydrogens is 294 g/mol. The molecule has 22 heavy (non-hydrogen) atoms. The zero-order valence-electron chi connectivity index (χ0n) is 11.4. The van der Waals surface area contributed by atoms with Gasteiger partial charge in [0.05, 0.1) is 19.2 Å². The third kappa shape index (κ3) is 2.13. The minimum atomic E-state index is -1.12. The highest BCUT2D eigenvalue weighted by molar-refractivity contribution is 5.70. The van der Waals surface area contributed by atoms with Gasteiger partial charge in [-0.15, -0.1) is 0 Å². The molecule has 10 heteroatoms. The Hall–Kier alpha value is -2.43. The number of nitrogens with zero attached hydrogens (tertiary/aromatic N) is 3. The molecule has 1 aliphatic heterocycles. The SMILES string of the molecule is C=COC1[C@@H](CO)O[C@@H](n2cnc3c(=O)[nH]c(N)nc32)[C@H]1O. The van der Waals surface area contributed by atoms with Crippen LogP contribution < -0.4 is 11.3 Å². The van der Waals surface area contributed by atoms with Crippen LogP contribution in [0.25, 0.3) is 11.2 Å². The highest BCUT2D eigenvalue weighted by Crippen LogP contribution is 2.32. The lowest BCUT2D eigenvalue weighted by Gasteiger charge is -2.18. The number of anilines is 1. The summed E-state index contributed by atoms with van der Waals surface area (Å²) >= 11 is 0. The molecule has 3 rings (SSSR count). The van der Waals surface area contributed by atoms with Crippen LogP contribution in [0.2, 0.25) is 0 Å². The maximum atomic E-state index is 11.8. The predicted molar refractivity (Wildman–Crippen MR) is 74.6 cm³/mol. The summed E-state index contributed by atoms with van der Waals surface area (Å²) in [6.07, 6.45) is -1.13. The summed E-state index contributed by atoms with van der Waals surface area (Å²) in [6, 6.07) is 0. The summed E-state index contributed by atoms with van der Waals surface area (Å²) in [7, 11) is 0. The first-order chi connectivity index (χ1) is 10.6. The average Bonchev–Trinajstić information content (AvgIpc) is 3.02. The van der Waals surface area contributed by atoms with Gasteiger partial charge in [0, 0.05) is 0 Å². The van der Waals surface area contributed by atoms with Crippen molar-refractivity contribution in [1.82, 2.24) is 19.5 Å². The van der Waals surface area contributed by atoms with Crippen molar-refractivity contribution in [2.24, 2.45) is 0 Å². The first kappa shape index (κ1) is 14.5. The number of aliphatic hydroxyl groups excluding tert-OH is 2. The Labute approximate surface area is 123 Å². The summed E-state index contributed by atoms with van der Waals surface area (Å²) in [5.41, 5.74) is 5.27. The molecule has 10 nitrogen and oxygen atoms in total. The first-order valence-electron chi connectivity index (χ1n) is 6.50. The highest BCUT2D eigenvalue weighted by Gasteiger charge is 2.46. The van der Waals surface area contributed by atoms with Gasteiger partial charge in [-0.05, 0) is 0 Å². The van der Waals surface area contributed by atoms with Gasteiger partial charge in [0.2, 0.25) is 5.95 Å². The molecule has 0 aliphatic carbocycles. The maximum Gasteiger partial charge on any atom is 0.280 e.